The van der Waals surface area contributed by atoms with E-state index in [2.05, 4.69) is 0 Å². The van der Waals surface area contributed by atoms with Gasteiger partial charge in [0.25, 0.3) is 5.91 Å². The van der Waals surface area contributed by atoms with Crippen molar-refractivity contribution in [3.05, 3.63) is 68.3 Å². The van der Waals surface area contributed by atoms with Crippen LogP contribution in [0.1, 0.15) is 51.9 Å². The Labute approximate surface area is 223 Å². The summed E-state index contributed by atoms with van der Waals surface area (Å²) >= 11 is 13.2. The van der Waals surface area contributed by atoms with Gasteiger partial charge in [0.2, 0.25) is 0 Å². The molecule has 0 saturated carbocycles. The third kappa shape index (κ3) is 6.13. The number of fused-ring (bicyclic) bond motifs is 1. The van der Waals surface area contributed by atoms with Gasteiger partial charge in [-0.2, -0.15) is 13.2 Å². The first-order valence-electron chi connectivity index (χ1n) is 11.8. The highest BCUT2D eigenvalue weighted by atomic mass is 35.5. The first kappa shape index (κ1) is 29.0. The number of piperidine rings is 1. The minimum atomic E-state index is -4.44. The number of carbonyl (C=O) groups is 2. The SMILES string of the molecule is CO.Cc1cc(C(F)(F)F)cc2c1c(Cc1c(Cl)ccc(C(=O)N3CCC(CC=O)CC3)c1Cl)cn2C. The molecular formula is C27H29Cl2F3N2O3. The first-order chi connectivity index (χ1) is 17.5. The van der Waals surface area contributed by atoms with E-state index in [1.54, 1.807) is 41.8 Å². The largest absolute Gasteiger partial charge is 0.416 e. The number of rotatable bonds is 5. The van der Waals surface area contributed by atoms with Crippen LogP contribution in [0.3, 0.4) is 0 Å². The second kappa shape index (κ2) is 11.9. The minimum absolute atomic E-state index is 0.193. The minimum Gasteiger partial charge on any atom is -0.400 e. The van der Waals surface area contributed by atoms with E-state index in [1.165, 1.54) is 0 Å². The molecule has 2 aromatic carbocycles. The van der Waals surface area contributed by atoms with Crippen molar-refractivity contribution >= 4 is 46.3 Å². The van der Waals surface area contributed by atoms with E-state index in [0.29, 0.717) is 58.0 Å². The molecule has 5 nitrogen and oxygen atoms in total. The number of aliphatic hydroxyl groups is 1. The second-order valence-electron chi connectivity index (χ2n) is 9.15. The van der Waals surface area contributed by atoms with Crippen molar-refractivity contribution in [2.24, 2.45) is 13.0 Å². The van der Waals surface area contributed by atoms with Crippen LogP contribution in [0.25, 0.3) is 10.9 Å². The molecule has 1 N–H and O–H groups in total. The van der Waals surface area contributed by atoms with E-state index in [9.17, 15) is 22.8 Å². The molecule has 4 rings (SSSR count). The van der Waals surface area contributed by atoms with Crippen molar-refractivity contribution in [3.8, 4) is 0 Å². The molecule has 0 unspecified atom stereocenters. The summed E-state index contributed by atoms with van der Waals surface area (Å²) in [6.07, 6.45) is 0.550. The molecule has 1 amide bonds. The Morgan fingerprint density at radius 1 is 1.16 bits per heavy atom. The highest BCUT2D eigenvalue weighted by Gasteiger charge is 2.32. The molecule has 200 valence electrons. The lowest BCUT2D eigenvalue weighted by Gasteiger charge is -2.31. The molecule has 0 bridgehead atoms. The zero-order valence-electron chi connectivity index (χ0n) is 20.8. The Hall–Kier alpha value is -2.55. The number of hydrogen-bond donors (Lipinski definition) is 1. The van der Waals surface area contributed by atoms with Gasteiger partial charge in [-0.05, 0) is 66.6 Å². The average molecular weight is 557 g/mol. The van der Waals surface area contributed by atoms with Gasteiger partial charge in [-0.3, -0.25) is 4.79 Å². The summed E-state index contributed by atoms with van der Waals surface area (Å²) in [6, 6.07) is 5.53. The number of halogens is 5. The molecule has 0 aliphatic carbocycles. The summed E-state index contributed by atoms with van der Waals surface area (Å²) in [6.45, 7) is 2.75. The van der Waals surface area contributed by atoms with Crippen molar-refractivity contribution in [2.75, 3.05) is 20.2 Å². The van der Waals surface area contributed by atoms with Gasteiger partial charge in [0.1, 0.15) is 6.29 Å². The molecule has 1 saturated heterocycles. The van der Waals surface area contributed by atoms with Gasteiger partial charge in [-0.25, -0.2) is 0 Å². The van der Waals surface area contributed by atoms with Gasteiger partial charge in [-0.15, -0.1) is 0 Å². The number of amides is 1. The number of likely N-dealkylation sites (tertiary alicyclic amines) is 1. The third-order valence-electron chi connectivity index (χ3n) is 6.81. The van der Waals surface area contributed by atoms with Gasteiger partial charge < -0.3 is 19.4 Å². The molecule has 2 heterocycles. The van der Waals surface area contributed by atoms with E-state index >= 15 is 0 Å². The molecule has 0 radical (unpaired) electrons. The van der Waals surface area contributed by atoms with Gasteiger partial charge in [-0.1, -0.05) is 23.2 Å². The van der Waals surface area contributed by atoms with Crippen molar-refractivity contribution < 1.29 is 27.9 Å². The maximum atomic E-state index is 13.3. The van der Waals surface area contributed by atoms with E-state index < -0.39 is 11.7 Å². The van der Waals surface area contributed by atoms with Gasteiger partial charge in [0.15, 0.2) is 0 Å². The van der Waals surface area contributed by atoms with Gasteiger partial charge in [0.05, 0.1) is 16.1 Å². The van der Waals surface area contributed by atoms with Crippen LogP contribution in [0.4, 0.5) is 13.2 Å². The molecule has 0 spiro atoms. The number of alkyl halides is 3. The number of benzene rings is 2. The average Bonchev–Trinajstić information content (AvgIpc) is 3.18. The highest BCUT2D eigenvalue weighted by molar-refractivity contribution is 6.38. The van der Waals surface area contributed by atoms with E-state index in [0.717, 1.165) is 43.9 Å². The standard InChI is InChI=1S/C26H25Cl2F3N2O2.CH4O/c1-15-11-18(26(29,30)31)13-22-23(15)17(14-32(22)2)12-20-21(27)4-3-19(24(20)28)25(35)33-8-5-16(6-9-33)7-10-34;1-2/h3-4,10-11,13-14,16H,5-9,12H2,1-2H3;2H,1H3. The molecule has 1 aliphatic rings. The molecule has 37 heavy (non-hydrogen) atoms. The molecule has 1 aromatic heterocycles. The van der Waals surface area contributed by atoms with Crippen LogP contribution < -0.4 is 0 Å². The summed E-state index contributed by atoms with van der Waals surface area (Å²) in [5, 5.41) is 8.35. The van der Waals surface area contributed by atoms with Gasteiger partial charge in [0, 0.05) is 62.2 Å². The predicted molar refractivity (Wildman–Crippen MR) is 139 cm³/mol. The van der Waals surface area contributed by atoms with E-state index in [4.69, 9.17) is 28.3 Å². The Balaban J connectivity index is 0.00000186. The van der Waals surface area contributed by atoms with Crippen LogP contribution in [-0.2, 0) is 24.4 Å². The Bertz CT molecular complexity index is 1300. The molecule has 3 aromatic rings. The lowest BCUT2D eigenvalue weighted by molar-refractivity contribution is -0.137. The van der Waals surface area contributed by atoms with E-state index in [1.807, 2.05) is 0 Å². The molecule has 0 atom stereocenters. The van der Waals surface area contributed by atoms with Crippen molar-refractivity contribution in [3.63, 3.8) is 0 Å². The summed E-state index contributed by atoms with van der Waals surface area (Å²) < 4.78 is 41.6. The highest BCUT2D eigenvalue weighted by Crippen LogP contribution is 2.37. The Kier molecular flexibility index (Phi) is 9.32. The molecular weight excluding hydrogens is 528 g/mol. The Morgan fingerprint density at radius 3 is 2.41 bits per heavy atom. The van der Waals surface area contributed by atoms with Crippen molar-refractivity contribution in [1.82, 2.24) is 9.47 Å². The lowest BCUT2D eigenvalue weighted by atomic mass is 9.93. The van der Waals surface area contributed by atoms with Crippen molar-refractivity contribution in [1.29, 1.82) is 0 Å². The molecule has 10 heteroatoms. The number of carbonyl (C=O) groups excluding carboxylic acids is 2. The first-order valence-corrected chi connectivity index (χ1v) is 12.6. The fourth-order valence-corrected chi connectivity index (χ4v) is 5.51. The van der Waals surface area contributed by atoms with Crippen molar-refractivity contribution in [2.45, 2.75) is 38.8 Å². The monoisotopic (exact) mass is 556 g/mol. The molecule has 1 fully saturated rings. The fraction of sp³-hybridized carbons (Fsp3) is 0.407. The number of nitrogens with zero attached hydrogens (tertiary/aromatic N) is 2. The van der Waals surface area contributed by atoms with Crippen LogP contribution in [0.5, 0.6) is 0 Å². The van der Waals surface area contributed by atoms with Gasteiger partial charge >= 0.3 is 6.18 Å². The fourth-order valence-electron chi connectivity index (χ4n) is 4.92. The maximum Gasteiger partial charge on any atom is 0.416 e. The van der Waals surface area contributed by atoms with Crippen LogP contribution in [0, 0.1) is 12.8 Å². The van der Waals surface area contributed by atoms with Crippen LogP contribution in [0.15, 0.2) is 30.5 Å². The maximum absolute atomic E-state index is 13.3. The van der Waals surface area contributed by atoms with Crippen LogP contribution >= 0.6 is 23.2 Å². The summed E-state index contributed by atoms with van der Waals surface area (Å²) in [5.74, 6) is 0.0988. The number of hydrogen-bond acceptors (Lipinski definition) is 3. The van der Waals surface area contributed by atoms with E-state index in [-0.39, 0.29) is 17.4 Å². The number of aldehydes is 1. The zero-order chi connectivity index (χ0) is 27.5. The third-order valence-corrected chi connectivity index (χ3v) is 7.59. The van der Waals surface area contributed by atoms with Crippen LogP contribution in [0.2, 0.25) is 10.0 Å². The number of aryl methyl sites for hydroxylation is 2. The quantitative estimate of drug-likeness (QED) is 0.367. The van der Waals surface area contributed by atoms with Crippen LogP contribution in [-0.4, -0.2) is 47.0 Å². The Morgan fingerprint density at radius 2 is 1.81 bits per heavy atom. The molecule has 1 aliphatic heterocycles. The second-order valence-corrected chi connectivity index (χ2v) is 9.94. The smallest absolute Gasteiger partial charge is 0.400 e. The normalized spacial score (nSPS) is 14.5. The number of aliphatic hydroxyl groups excluding tert-OH is 1. The summed E-state index contributed by atoms with van der Waals surface area (Å²) in [4.78, 5) is 25.7. The predicted octanol–water partition coefficient (Wildman–Crippen LogP) is 6.45. The summed E-state index contributed by atoms with van der Waals surface area (Å²) in [5.41, 5.74) is 1.94. The number of aromatic nitrogens is 1. The lowest BCUT2D eigenvalue weighted by Crippen LogP contribution is -2.38. The topological polar surface area (TPSA) is 62.5 Å². The zero-order valence-corrected chi connectivity index (χ0v) is 22.3. The summed E-state index contributed by atoms with van der Waals surface area (Å²) in [7, 11) is 2.70.